The summed E-state index contributed by atoms with van der Waals surface area (Å²) >= 11 is 0. The fourth-order valence-electron chi connectivity index (χ4n) is 3.33. The SMILES string of the molecule is Cc1ccc(N)cc1N1CCOC2CCCCC21. The summed E-state index contributed by atoms with van der Waals surface area (Å²) < 4.78 is 5.93. The highest BCUT2D eigenvalue weighted by Gasteiger charge is 2.34. The zero-order valence-corrected chi connectivity index (χ0v) is 11.1. The molecule has 3 nitrogen and oxygen atoms in total. The van der Waals surface area contributed by atoms with Crippen LogP contribution in [0.1, 0.15) is 31.2 Å². The van der Waals surface area contributed by atoms with Gasteiger partial charge < -0.3 is 15.4 Å². The molecule has 2 unspecified atom stereocenters. The molecule has 2 N–H and O–H groups in total. The van der Waals surface area contributed by atoms with Crippen LogP contribution >= 0.6 is 0 Å². The molecular weight excluding hydrogens is 224 g/mol. The van der Waals surface area contributed by atoms with Crippen molar-refractivity contribution in [1.29, 1.82) is 0 Å². The van der Waals surface area contributed by atoms with Gasteiger partial charge >= 0.3 is 0 Å². The Balaban J connectivity index is 1.91. The average Bonchev–Trinajstić information content (AvgIpc) is 2.41. The van der Waals surface area contributed by atoms with Crippen molar-refractivity contribution in [3.8, 4) is 0 Å². The number of anilines is 2. The van der Waals surface area contributed by atoms with Crippen LogP contribution in [0.3, 0.4) is 0 Å². The fourth-order valence-corrected chi connectivity index (χ4v) is 3.33. The second-order valence-corrected chi connectivity index (χ2v) is 5.50. The summed E-state index contributed by atoms with van der Waals surface area (Å²) in [6, 6.07) is 6.77. The molecule has 1 aromatic carbocycles. The standard InChI is InChI=1S/C15H22N2O/c1-11-6-7-12(16)10-14(11)17-8-9-18-15-5-3-2-4-13(15)17/h6-7,10,13,15H,2-5,8-9,16H2,1H3. The Morgan fingerprint density at radius 1 is 1.28 bits per heavy atom. The third kappa shape index (κ3) is 2.07. The van der Waals surface area contributed by atoms with Crippen molar-refractivity contribution in [2.24, 2.45) is 0 Å². The molecule has 3 rings (SSSR count). The molecule has 0 radical (unpaired) electrons. The summed E-state index contributed by atoms with van der Waals surface area (Å²) in [6.07, 6.45) is 5.52. The van der Waals surface area contributed by atoms with Crippen LogP contribution in [0.4, 0.5) is 11.4 Å². The van der Waals surface area contributed by atoms with Gasteiger partial charge in [0.25, 0.3) is 0 Å². The van der Waals surface area contributed by atoms with E-state index in [1.54, 1.807) is 0 Å². The molecule has 1 aliphatic heterocycles. The van der Waals surface area contributed by atoms with Crippen LogP contribution in [0.15, 0.2) is 18.2 Å². The van der Waals surface area contributed by atoms with E-state index in [0.717, 1.165) is 18.8 Å². The van der Waals surface area contributed by atoms with E-state index in [-0.39, 0.29) is 0 Å². The van der Waals surface area contributed by atoms with Gasteiger partial charge in [0.05, 0.1) is 18.8 Å². The molecular formula is C15H22N2O. The molecule has 2 atom stereocenters. The van der Waals surface area contributed by atoms with E-state index < -0.39 is 0 Å². The minimum absolute atomic E-state index is 0.424. The number of aryl methyl sites for hydroxylation is 1. The lowest BCUT2D eigenvalue weighted by molar-refractivity contribution is -0.00871. The predicted molar refractivity (Wildman–Crippen MR) is 74.9 cm³/mol. The van der Waals surface area contributed by atoms with E-state index in [4.69, 9.17) is 10.5 Å². The van der Waals surface area contributed by atoms with Gasteiger partial charge in [-0.15, -0.1) is 0 Å². The van der Waals surface area contributed by atoms with E-state index in [1.807, 2.05) is 6.07 Å². The highest BCUT2D eigenvalue weighted by Crippen LogP contribution is 2.34. The first-order chi connectivity index (χ1) is 8.75. The van der Waals surface area contributed by atoms with Crippen LogP contribution in [0.2, 0.25) is 0 Å². The van der Waals surface area contributed by atoms with Gasteiger partial charge in [-0.05, 0) is 37.5 Å². The molecule has 0 aromatic heterocycles. The number of nitrogens with two attached hydrogens (primary N) is 1. The number of nitrogen functional groups attached to an aromatic ring is 1. The van der Waals surface area contributed by atoms with Crippen molar-refractivity contribution in [2.45, 2.75) is 44.8 Å². The number of rotatable bonds is 1. The summed E-state index contributed by atoms with van der Waals surface area (Å²) in [4.78, 5) is 2.53. The van der Waals surface area contributed by atoms with E-state index in [0.29, 0.717) is 12.1 Å². The summed E-state index contributed by atoms with van der Waals surface area (Å²) in [5.74, 6) is 0. The zero-order valence-electron chi connectivity index (χ0n) is 11.1. The molecule has 18 heavy (non-hydrogen) atoms. The smallest absolute Gasteiger partial charge is 0.0779 e. The summed E-state index contributed by atoms with van der Waals surface area (Å²) in [5.41, 5.74) is 9.42. The lowest BCUT2D eigenvalue weighted by Crippen LogP contribution is -2.53. The van der Waals surface area contributed by atoms with E-state index >= 15 is 0 Å². The first kappa shape index (κ1) is 11.8. The van der Waals surface area contributed by atoms with Gasteiger partial charge in [0.2, 0.25) is 0 Å². The molecule has 98 valence electrons. The monoisotopic (exact) mass is 246 g/mol. The van der Waals surface area contributed by atoms with Gasteiger partial charge in [-0.3, -0.25) is 0 Å². The number of nitrogens with zero attached hydrogens (tertiary/aromatic N) is 1. The molecule has 0 amide bonds. The van der Waals surface area contributed by atoms with Crippen molar-refractivity contribution in [1.82, 2.24) is 0 Å². The molecule has 0 bridgehead atoms. The Labute approximate surface area is 109 Å². The molecule has 1 aromatic rings. The number of benzene rings is 1. The molecule has 3 heteroatoms. The quantitative estimate of drug-likeness (QED) is 0.774. The maximum absolute atomic E-state index is 5.94. The highest BCUT2D eigenvalue weighted by atomic mass is 16.5. The predicted octanol–water partition coefficient (Wildman–Crippen LogP) is 2.73. The Morgan fingerprint density at radius 2 is 2.11 bits per heavy atom. The maximum Gasteiger partial charge on any atom is 0.0779 e. The number of ether oxygens (including phenoxy) is 1. The Bertz CT molecular complexity index is 431. The van der Waals surface area contributed by atoms with Gasteiger partial charge in [-0.25, -0.2) is 0 Å². The number of fused-ring (bicyclic) bond motifs is 1. The van der Waals surface area contributed by atoms with E-state index in [9.17, 15) is 0 Å². The first-order valence-electron chi connectivity index (χ1n) is 7.00. The van der Waals surface area contributed by atoms with Gasteiger partial charge in [0.15, 0.2) is 0 Å². The number of hydrogen-bond acceptors (Lipinski definition) is 3. The van der Waals surface area contributed by atoms with Gasteiger partial charge in [0.1, 0.15) is 0 Å². The normalized spacial score (nSPS) is 27.9. The van der Waals surface area contributed by atoms with Crippen molar-refractivity contribution in [2.75, 3.05) is 23.8 Å². The van der Waals surface area contributed by atoms with Crippen molar-refractivity contribution in [3.63, 3.8) is 0 Å². The van der Waals surface area contributed by atoms with E-state index in [1.165, 1.54) is 36.9 Å². The van der Waals surface area contributed by atoms with Crippen LogP contribution in [0.5, 0.6) is 0 Å². The maximum atomic E-state index is 5.94. The van der Waals surface area contributed by atoms with Crippen molar-refractivity contribution in [3.05, 3.63) is 23.8 Å². The first-order valence-corrected chi connectivity index (χ1v) is 7.00. The van der Waals surface area contributed by atoms with Crippen LogP contribution in [0, 0.1) is 6.92 Å². The van der Waals surface area contributed by atoms with Gasteiger partial charge in [0, 0.05) is 17.9 Å². The number of morpholine rings is 1. The lowest BCUT2D eigenvalue weighted by Gasteiger charge is -2.45. The summed E-state index contributed by atoms with van der Waals surface area (Å²) in [7, 11) is 0. The molecule has 0 spiro atoms. The van der Waals surface area contributed by atoms with Crippen LogP contribution in [0.25, 0.3) is 0 Å². The summed E-state index contributed by atoms with van der Waals surface area (Å²) in [5, 5.41) is 0. The molecule has 1 aliphatic carbocycles. The van der Waals surface area contributed by atoms with Gasteiger partial charge in [-0.1, -0.05) is 18.9 Å². The lowest BCUT2D eigenvalue weighted by atomic mass is 9.89. The van der Waals surface area contributed by atoms with Crippen molar-refractivity contribution >= 4 is 11.4 Å². The third-order valence-corrected chi connectivity index (χ3v) is 4.27. The minimum Gasteiger partial charge on any atom is -0.399 e. The van der Waals surface area contributed by atoms with Gasteiger partial charge in [-0.2, -0.15) is 0 Å². The third-order valence-electron chi connectivity index (χ3n) is 4.27. The zero-order chi connectivity index (χ0) is 12.5. The fraction of sp³-hybridized carbons (Fsp3) is 0.600. The topological polar surface area (TPSA) is 38.5 Å². The van der Waals surface area contributed by atoms with Crippen molar-refractivity contribution < 1.29 is 4.74 Å². The minimum atomic E-state index is 0.424. The Hall–Kier alpha value is -1.22. The Kier molecular flexibility index (Phi) is 3.16. The van der Waals surface area contributed by atoms with Crippen LogP contribution in [-0.2, 0) is 4.74 Å². The summed E-state index contributed by atoms with van der Waals surface area (Å²) in [6.45, 7) is 4.00. The second kappa shape index (κ2) is 4.81. The molecule has 2 aliphatic rings. The average molecular weight is 246 g/mol. The number of hydrogen-bond donors (Lipinski definition) is 1. The Morgan fingerprint density at radius 3 is 3.00 bits per heavy atom. The van der Waals surface area contributed by atoms with E-state index in [2.05, 4.69) is 24.0 Å². The van der Waals surface area contributed by atoms with Crippen LogP contribution < -0.4 is 10.6 Å². The van der Waals surface area contributed by atoms with Crippen LogP contribution in [-0.4, -0.2) is 25.3 Å². The molecule has 1 heterocycles. The highest BCUT2D eigenvalue weighted by molar-refractivity contribution is 5.61. The molecule has 1 saturated heterocycles. The second-order valence-electron chi connectivity index (χ2n) is 5.50. The molecule has 2 fully saturated rings. The largest absolute Gasteiger partial charge is 0.399 e. The molecule has 1 saturated carbocycles.